The molecular weight excluding hydrogens is 386 g/mol. The Bertz CT molecular complexity index is 925. The first-order valence-electron chi connectivity index (χ1n) is 9.81. The molecule has 0 fully saturated rings. The number of ether oxygens (including phenoxy) is 3. The molecule has 0 radical (unpaired) electrons. The van der Waals surface area contributed by atoms with Crippen LogP contribution >= 0.6 is 11.3 Å². The van der Waals surface area contributed by atoms with Gasteiger partial charge in [0.05, 0.1) is 32.1 Å². The highest BCUT2D eigenvalue weighted by molar-refractivity contribution is 7.13. The van der Waals surface area contributed by atoms with Crippen molar-refractivity contribution >= 4 is 11.3 Å². The van der Waals surface area contributed by atoms with Crippen LogP contribution in [-0.2, 0) is 6.42 Å². The molecule has 1 heterocycles. The van der Waals surface area contributed by atoms with Crippen LogP contribution in [-0.4, -0.2) is 30.4 Å². The summed E-state index contributed by atoms with van der Waals surface area (Å²) in [4.78, 5) is 4.75. The van der Waals surface area contributed by atoms with E-state index in [0.717, 1.165) is 33.3 Å². The molecule has 3 aromatic rings. The van der Waals surface area contributed by atoms with Crippen LogP contribution in [0.1, 0.15) is 37.6 Å². The molecule has 154 valence electrons. The van der Waals surface area contributed by atoms with E-state index >= 15 is 0 Å². The second kappa shape index (κ2) is 10.3. The van der Waals surface area contributed by atoms with E-state index in [-0.39, 0.29) is 0 Å². The van der Waals surface area contributed by atoms with E-state index in [4.69, 9.17) is 19.2 Å². The molecule has 0 aliphatic rings. The van der Waals surface area contributed by atoms with Crippen LogP contribution in [0.4, 0.5) is 0 Å². The molecule has 0 aliphatic heterocycles. The lowest BCUT2D eigenvalue weighted by Gasteiger charge is -2.14. The molecule has 3 rings (SSSR count). The van der Waals surface area contributed by atoms with E-state index in [9.17, 15) is 5.11 Å². The van der Waals surface area contributed by atoms with E-state index in [1.165, 1.54) is 0 Å². The fourth-order valence-corrected chi connectivity index (χ4v) is 3.97. The van der Waals surface area contributed by atoms with E-state index in [1.807, 2.05) is 61.7 Å². The smallest absolute Gasteiger partial charge is 0.161 e. The van der Waals surface area contributed by atoms with Gasteiger partial charge in [0.1, 0.15) is 10.8 Å². The third-order valence-corrected chi connectivity index (χ3v) is 5.45. The Hall–Kier alpha value is -2.57. The first-order valence-corrected chi connectivity index (χ1v) is 10.7. The van der Waals surface area contributed by atoms with Crippen LogP contribution in [0.3, 0.4) is 0 Å². The van der Waals surface area contributed by atoms with Gasteiger partial charge in [-0.25, -0.2) is 4.98 Å². The van der Waals surface area contributed by atoms with Crippen molar-refractivity contribution in [3.05, 3.63) is 59.1 Å². The van der Waals surface area contributed by atoms with Crippen molar-refractivity contribution in [2.75, 3.05) is 20.3 Å². The Balaban J connectivity index is 1.70. The zero-order valence-corrected chi connectivity index (χ0v) is 17.9. The van der Waals surface area contributed by atoms with Crippen molar-refractivity contribution in [2.24, 2.45) is 0 Å². The molecule has 5 nitrogen and oxygen atoms in total. The van der Waals surface area contributed by atoms with Gasteiger partial charge in [-0.1, -0.05) is 18.2 Å². The second-order valence-electron chi connectivity index (χ2n) is 6.47. The molecule has 6 heteroatoms. The normalized spacial score (nSPS) is 11.9. The number of aromatic nitrogens is 1. The monoisotopic (exact) mass is 413 g/mol. The quantitative estimate of drug-likeness (QED) is 0.490. The summed E-state index contributed by atoms with van der Waals surface area (Å²) in [5, 5.41) is 13.5. The Kier molecular flexibility index (Phi) is 7.49. The van der Waals surface area contributed by atoms with Gasteiger partial charge in [0.2, 0.25) is 0 Å². The van der Waals surface area contributed by atoms with Gasteiger partial charge in [0.15, 0.2) is 11.5 Å². The summed E-state index contributed by atoms with van der Waals surface area (Å²) in [5.41, 5.74) is 2.77. The van der Waals surface area contributed by atoms with E-state index in [0.29, 0.717) is 31.8 Å². The summed E-state index contributed by atoms with van der Waals surface area (Å²) in [7, 11) is 1.62. The fraction of sp³-hybridized carbons (Fsp3) is 0.348. The lowest BCUT2D eigenvalue weighted by atomic mass is 10.0. The van der Waals surface area contributed by atoms with E-state index in [1.54, 1.807) is 18.4 Å². The number of aliphatic hydroxyl groups is 1. The predicted octanol–water partition coefficient (Wildman–Crippen LogP) is 5.28. The van der Waals surface area contributed by atoms with Gasteiger partial charge in [-0.05, 0) is 51.0 Å². The van der Waals surface area contributed by atoms with Gasteiger partial charge in [-0.3, -0.25) is 0 Å². The molecule has 1 atom stereocenters. The van der Waals surface area contributed by atoms with Gasteiger partial charge >= 0.3 is 0 Å². The average molecular weight is 414 g/mol. The molecule has 0 aliphatic carbocycles. The first-order chi connectivity index (χ1) is 14.2. The summed E-state index contributed by atoms with van der Waals surface area (Å²) in [6.45, 7) is 5.08. The lowest BCUT2D eigenvalue weighted by Crippen LogP contribution is -2.02. The SMILES string of the molecule is CCOc1ccc(-c2nc(CCC(O)c3ccccc3OC)cs2)cc1OCC. The third kappa shape index (κ3) is 5.28. The van der Waals surface area contributed by atoms with Crippen molar-refractivity contribution in [2.45, 2.75) is 32.8 Å². The molecule has 0 saturated heterocycles. The molecule has 1 unspecified atom stereocenters. The molecule has 0 saturated carbocycles. The number of rotatable bonds is 10. The van der Waals surface area contributed by atoms with Gasteiger partial charge < -0.3 is 19.3 Å². The molecule has 29 heavy (non-hydrogen) atoms. The van der Waals surface area contributed by atoms with Crippen molar-refractivity contribution in [3.8, 4) is 27.8 Å². The number of aryl methyl sites for hydroxylation is 1. The number of nitrogens with zero attached hydrogens (tertiary/aromatic N) is 1. The standard InChI is InChI=1S/C23H27NO4S/c1-4-27-21-13-10-16(14-22(21)28-5-2)23-24-17(15-29-23)11-12-19(25)18-8-6-7-9-20(18)26-3/h6-10,13-15,19,25H,4-5,11-12H2,1-3H3. The van der Waals surface area contributed by atoms with Crippen LogP contribution in [0, 0.1) is 0 Å². The van der Waals surface area contributed by atoms with Crippen LogP contribution in [0.2, 0.25) is 0 Å². The van der Waals surface area contributed by atoms with Crippen molar-refractivity contribution < 1.29 is 19.3 Å². The van der Waals surface area contributed by atoms with Crippen molar-refractivity contribution in [3.63, 3.8) is 0 Å². The topological polar surface area (TPSA) is 60.8 Å². The maximum absolute atomic E-state index is 10.6. The van der Waals surface area contributed by atoms with Crippen LogP contribution in [0.15, 0.2) is 47.8 Å². The number of aliphatic hydroxyl groups excluding tert-OH is 1. The minimum absolute atomic E-state index is 0.577. The Morgan fingerprint density at radius 3 is 2.52 bits per heavy atom. The molecular formula is C23H27NO4S. The molecule has 0 bridgehead atoms. The summed E-state index contributed by atoms with van der Waals surface area (Å²) in [6, 6.07) is 13.5. The summed E-state index contributed by atoms with van der Waals surface area (Å²) in [6.07, 6.45) is 0.675. The van der Waals surface area contributed by atoms with E-state index in [2.05, 4.69) is 0 Å². The third-order valence-electron chi connectivity index (χ3n) is 4.51. The zero-order chi connectivity index (χ0) is 20.6. The van der Waals surface area contributed by atoms with Crippen LogP contribution in [0.5, 0.6) is 17.2 Å². The summed E-state index contributed by atoms with van der Waals surface area (Å²) < 4.78 is 16.7. The largest absolute Gasteiger partial charge is 0.496 e. The predicted molar refractivity (Wildman–Crippen MR) is 116 cm³/mol. The minimum Gasteiger partial charge on any atom is -0.496 e. The van der Waals surface area contributed by atoms with Gasteiger partial charge in [-0.2, -0.15) is 0 Å². The molecule has 2 aromatic carbocycles. The zero-order valence-electron chi connectivity index (χ0n) is 17.1. The van der Waals surface area contributed by atoms with Crippen LogP contribution < -0.4 is 14.2 Å². The van der Waals surface area contributed by atoms with Gasteiger partial charge in [0, 0.05) is 16.5 Å². The Labute approximate surface area is 175 Å². The molecule has 1 N–H and O–H groups in total. The Morgan fingerprint density at radius 1 is 1.00 bits per heavy atom. The number of hydrogen-bond acceptors (Lipinski definition) is 6. The number of hydrogen-bond donors (Lipinski definition) is 1. The average Bonchev–Trinajstić information content (AvgIpc) is 3.22. The van der Waals surface area contributed by atoms with E-state index < -0.39 is 6.10 Å². The van der Waals surface area contributed by atoms with Crippen molar-refractivity contribution in [1.82, 2.24) is 4.98 Å². The highest BCUT2D eigenvalue weighted by Gasteiger charge is 2.15. The maximum Gasteiger partial charge on any atom is 0.161 e. The lowest BCUT2D eigenvalue weighted by molar-refractivity contribution is 0.163. The van der Waals surface area contributed by atoms with Crippen LogP contribution in [0.25, 0.3) is 10.6 Å². The minimum atomic E-state index is -0.591. The summed E-state index contributed by atoms with van der Waals surface area (Å²) in [5.74, 6) is 2.18. The fourth-order valence-electron chi connectivity index (χ4n) is 3.12. The Morgan fingerprint density at radius 2 is 1.76 bits per heavy atom. The highest BCUT2D eigenvalue weighted by atomic mass is 32.1. The number of para-hydroxylation sites is 1. The van der Waals surface area contributed by atoms with Crippen molar-refractivity contribution in [1.29, 1.82) is 0 Å². The number of thiazole rings is 1. The highest BCUT2D eigenvalue weighted by Crippen LogP contribution is 2.34. The number of benzene rings is 2. The molecule has 0 spiro atoms. The maximum atomic E-state index is 10.6. The number of methoxy groups -OCH3 is 1. The molecule has 0 amide bonds. The van der Waals surface area contributed by atoms with Gasteiger partial charge in [0.25, 0.3) is 0 Å². The second-order valence-corrected chi connectivity index (χ2v) is 7.33. The molecule has 1 aromatic heterocycles. The summed E-state index contributed by atoms with van der Waals surface area (Å²) >= 11 is 1.59. The first kappa shape index (κ1) is 21.1. The van der Waals surface area contributed by atoms with Gasteiger partial charge in [-0.15, -0.1) is 11.3 Å².